The van der Waals surface area contributed by atoms with Crippen molar-refractivity contribution < 1.29 is 37.2 Å². The molecule has 0 aliphatic heterocycles. The van der Waals surface area contributed by atoms with Crippen molar-refractivity contribution >= 4 is 69.1 Å². The molecule has 0 saturated carbocycles. The maximum atomic E-state index is 8.29. The Kier molecular flexibility index (Phi) is 18.3. The molecular formula is C64H82Cl2O2Si4Zr. The summed E-state index contributed by atoms with van der Waals surface area (Å²) in [4.78, 5) is 0. The van der Waals surface area contributed by atoms with Crippen LogP contribution in [0.2, 0.25) is 63.5 Å². The van der Waals surface area contributed by atoms with Gasteiger partial charge in [-0.1, -0.05) is 262 Å². The van der Waals surface area contributed by atoms with Crippen LogP contribution in [0.3, 0.4) is 0 Å². The van der Waals surface area contributed by atoms with E-state index in [0.717, 1.165) is 12.5 Å². The minimum Gasteiger partial charge on any atom is -0.412 e. The molecule has 0 saturated heterocycles. The van der Waals surface area contributed by atoms with Crippen molar-refractivity contribution in [3.63, 3.8) is 0 Å². The average Bonchev–Trinajstić information content (AvgIpc) is 4.03. The average molecular weight is 1160 g/mol. The quantitative estimate of drug-likeness (QED) is 0.0866. The van der Waals surface area contributed by atoms with Crippen LogP contribution in [0, 0.1) is 10.8 Å². The van der Waals surface area contributed by atoms with Gasteiger partial charge in [-0.25, -0.2) is 0 Å². The third kappa shape index (κ3) is 10.6. The Morgan fingerprint density at radius 3 is 1.37 bits per heavy atom. The van der Waals surface area contributed by atoms with Crippen LogP contribution in [0.4, 0.5) is 0 Å². The second-order valence-corrected chi connectivity index (χ2v) is 42.8. The van der Waals surface area contributed by atoms with Crippen LogP contribution in [0.5, 0.6) is 0 Å². The van der Waals surface area contributed by atoms with E-state index in [1.807, 2.05) is 0 Å². The zero-order valence-electron chi connectivity index (χ0n) is 45.8. The monoisotopic (exact) mass is 1150 g/mol. The van der Waals surface area contributed by atoms with Crippen LogP contribution >= 0.6 is 23.2 Å². The summed E-state index contributed by atoms with van der Waals surface area (Å²) in [5, 5.41) is 0. The fourth-order valence-corrected chi connectivity index (χ4v) is 31.6. The van der Waals surface area contributed by atoms with Gasteiger partial charge in [0.25, 0.3) is 0 Å². The smallest absolute Gasteiger partial charge is 0.121 e. The van der Waals surface area contributed by atoms with Crippen LogP contribution < -0.4 is 0 Å². The Labute approximate surface area is 474 Å². The fourth-order valence-electron chi connectivity index (χ4n) is 14.3. The van der Waals surface area contributed by atoms with Crippen molar-refractivity contribution in [2.45, 2.75) is 138 Å². The van der Waals surface area contributed by atoms with E-state index in [-0.39, 0.29) is 42.6 Å². The SMILES string of the molecule is C[SiH](C)CCC1=Cc2ccccc2C1(Cl)[Si](C)(CC(C)(C)C)C1(Cl)c2ccccc2-c2ccccc21.C[SiH](C)CCC1=Cc2ccccc2C1[Si](C)(CC(C)(C)C)C1c2ccccc2-c2ccccc21.O.O.[Zr]. The molecule has 0 aromatic heterocycles. The van der Waals surface area contributed by atoms with Crippen LogP contribution in [-0.4, -0.2) is 44.7 Å². The first kappa shape index (κ1) is 59.3. The first-order valence-corrected chi connectivity index (χ1v) is 39.1. The number of halogens is 2. The molecule has 0 fully saturated rings. The zero-order valence-corrected chi connectivity index (χ0v) is 54.1. The van der Waals surface area contributed by atoms with E-state index >= 15 is 0 Å². The molecule has 0 spiro atoms. The van der Waals surface area contributed by atoms with Gasteiger partial charge in [0.1, 0.15) is 8.07 Å². The maximum absolute atomic E-state index is 8.29. The fraction of sp³-hybridized carbons (Fsp3) is 0.375. The molecule has 0 amide bonds. The van der Waals surface area contributed by atoms with E-state index in [9.17, 15) is 0 Å². The van der Waals surface area contributed by atoms with Gasteiger partial charge in [-0.2, -0.15) is 0 Å². The molecule has 2 nitrogen and oxygen atoms in total. The molecule has 4 N–H and O–H groups in total. The molecule has 0 bridgehead atoms. The molecule has 6 aromatic carbocycles. The number of fused-ring (bicyclic) bond motifs is 8. The molecule has 384 valence electrons. The Morgan fingerprint density at radius 1 is 0.466 bits per heavy atom. The van der Waals surface area contributed by atoms with Crippen LogP contribution in [0.1, 0.15) is 110 Å². The number of allylic oxidation sites excluding steroid dienone is 2. The summed E-state index contributed by atoms with van der Waals surface area (Å²) in [6, 6.07) is 59.4. The first-order chi connectivity index (χ1) is 33.1. The van der Waals surface area contributed by atoms with Gasteiger partial charge >= 0.3 is 0 Å². The minimum absolute atomic E-state index is 0. The Balaban J connectivity index is 0.000000229. The molecule has 4 atom stereocenters. The van der Waals surface area contributed by atoms with Gasteiger partial charge in [0.05, 0.1) is 17.1 Å². The Hall–Kier alpha value is -2.95. The summed E-state index contributed by atoms with van der Waals surface area (Å²) in [5.74, 6) is 0. The maximum Gasteiger partial charge on any atom is 0.121 e. The molecule has 4 aliphatic carbocycles. The number of alkyl halides is 2. The van der Waals surface area contributed by atoms with Gasteiger partial charge < -0.3 is 11.0 Å². The van der Waals surface area contributed by atoms with E-state index in [1.165, 1.54) is 80.2 Å². The molecule has 0 radical (unpaired) electrons. The molecular weight excluding hydrogens is 1080 g/mol. The topological polar surface area (TPSA) is 63.0 Å². The molecule has 4 unspecified atom stereocenters. The predicted molar refractivity (Wildman–Crippen MR) is 327 cm³/mol. The van der Waals surface area contributed by atoms with E-state index in [0.29, 0.717) is 16.5 Å². The first-order valence-electron chi connectivity index (χ1n) is 26.5. The number of benzene rings is 6. The minimum atomic E-state index is -2.68. The predicted octanol–water partition coefficient (Wildman–Crippen LogP) is 17.2. The third-order valence-electron chi connectivity index (χ3n) is 16.5. The number of hydrogen-bond donors (Lipinski definition) is 0. The van der Waals surface area contributed by atoms with E-state index in [1.54, 1.807) is 22.3 Å². The zero-order chi connectivity index (χ0) is 50.0. The van der Waals surface area contributed by atoms with Crippen LogP contribution in [0.15, 0.2) is 157 Å². The molecule has 6 aromatic rings. The van der Waals surface area contributed by atoms with Crippen molar-refractivity contribution in [1.82, 2.24) is 0 Å². The molecule has 4 aliphatic rings. The molecule has 73 heavy (non-hydrogen) atoms. The summed E-state index contributed by atoms with van der Waals surface area (Å²) in [6.07, 6.45) is 7.36. The van der Waals surface area contributed by atoms with Gasteiger partial charge in [0, 0.05) is 54.9 Å². The molecule has 0 heterocycles. The normalized spacial score (nSPS) is 19.4. The van der Waals surface area contributed by atoms with Crippen molar-refractivity contribution in [3.05, 3.63) is 201 Å². The van der Waals surface area contributed by atoms with Crippen LogP contribution in [0.25, 0.3) is 34.4 Å². The molecule has 10 rings (SSSR count). The van der Waals surface area contributed by atoms with E-state index in [4.69, 9.17) is 23.2 Å². The van der Waals surface area contributed by atoms with Gasteiger partial charge in [-0.05, 0) is 102 Å². The van der Waals surface area contributed by atoms with Crippen molar-refractivity contribution in [3.8, 4) is 22.3 Å². The summed E-state index contributed by atoms with van der Waals surface area (Å²) in [5.41, 5.74) is 21.4. The molecule has 9 heteroatoms. The largest absolute Gasteiger partial charge is 0.412 e. The van der Waals surface area contributed by atoms with E-state index < -0.39 is 42.7 Å². The summed E-state index contributed by atoms with van der Waals surface area (Å²) in [6.45, 7) is 29.6. The second kappa shape index (κ2) is 22.6. The van der Waals surface area contributed by atoms with Gasteiger partial charge in [0.15, 0.2) is 0 Å². The van der Waals surface area contributed by atoms with Crippen LogP contribution in [-0.2, 0) is 35.2 Å². The van der Waals surface area contributed by atoms with Gasteiger partial charge in [0.2, 0.25) is 0 Å². The second-order valence-electron chi connectivity index (χ2n) is 25.2. The van der Waals surface area contributed by atoms with Crippen molar-refractivity contribution in [1.29, 1.82) is 0 Å². The Bertz CT molecular complexity index is 2900. The Morgan fingerprint density at radius 2 is 0.877 bits per heavy atom. The summed E-state index contributed by atoms with van der Waals surface area (Å²) in [7, 11) is -6.00. The van der Waals surface area contributed by atoms with Gasteiger partial charge in [-0.15, -0.1) is 23.2 Å². The number of hydrogen-bond acceptors (Lipinski definition) is 0. The third-order valence-corrected chi connectivity index (χ3v) is 34.4. The van der Waals surface area contributed by atoms with Crippen molar-refractivity contribution in [2.24, 2.45) is 10.8 Å². The number of rotatable bonds is 12. The summed E-state index contributed by atoms with van der Waals surface area (Å²) >= 11 is 16.6. The standard InChI is InChI=1S/C32H38Cl2Si2.C32H40Si2.2H2O.Zr/c1-30(2,3)22-36(6,31(33)24(19-20-35(4)5)21-23-13-7-10-16-27(23)31)32(34)28-17-11-8-14-25(28)26-15-9-12-18-29(26)32;1-32(2,3)22-34(6,30-24(19-20-33(4)5)21-23-13-7-8-14-25(23)30)31-28-17-11-9-15-26(28)27-16-10-12-18-29(27)31;;;/h7-18,21,35H,19-20,22H2,1-6H3;7-18,21,30-31,33H,19-20,22H2,1-6H3;2*1H2;. The van der Waals surface area contributed by atoms with E-state index in [2.05, 4.69) is 239 Å². The van der Waals surface area contributed by atoms with Gasteiger partial charge in [-0.3, -0.25) is 0 Å². The van der Waals surface area contributed by atoms with Crippen molar-refractivity contribution in [2.75, 3.05) is 0 Å². The summed E-state index contributed by atoms with van der Waals surface area (Å²) < 4.78 is -1.21.